The van der Waals surface area contributed by atoms with Gasteiger partial charge < -0.3 is 4.74 Å². The molecule has 0 saturated heterocycles. The smallest absolute Gasteiger partial charge is 0.340 e. The Morgan fingerprint density at radius 2 is 1.90 bits per heavy atom. The zero-order valence-electron chi connectivity index (χ0n) is 12.5. The van der Waals surface area contributed by atoms with Crippen molar-refractivity contribution in [2.24, 2.45) is 4.99 Å². The number of amidine groups is 1. The van der Waals surface area contributed by atoms with E-state index in [9.17, 15) is 4.79 Å². The maximum Gasteiger partial charge on any atom is 0.340 e. The summed E-state index contributed by atoms with van der Waals surface area (Å²) in [5.41, 5.74) is 9.70. The van der Waals surface area contributed by atoms with Crippen LogP contribution in [-0.2, 0) is 9.53 Å². The third-order valence-corrected chi connectivity index (χ3v) is 3.12. The van der Waals surface area contributed by atoms with Gasteiger partial charge in [0.15, 0.2) is 0 Å². The van der Waals surface area contributed by atoms with Crippen molar-refractivity contribution in [3.8, 4) is 0 Å². The lowest BCUT2D eigenvalue weighted by molar-refractivity contribution is -0.138. The van der Waals surface area contributed by atoms with Gasteiger partial charge in [-0.2, -0.15) is 0 Å². The molecule has 1 aliphatic heterocycles. The first-order chi connectivity index (χ1) is 10.0. The molecule has 5 heteroatoms. The lowest BCUT2D eigenvalue weighted by Gasteiger charge is -2.10. The summed E-state index contributed by atoms with van der Waals surface area (Å²) in [7, 11) is 0. The molecule has 0 atom stereocenters. The van der Waals surface area contributed by atoms with E-state index in [4.69, 9.17) is 4.74 Å². The molecule has 5 nitrogen and oxygen atoms in total. The van der Waals surface area contributed by atoms with Gasteiger partial charge in [0.2, 0.25) is 0 Å². The lowest BCUT2D eigenvalue weighted by Crippen LogP contribution is -2.29. The molecule has 1 heterocycles. The van der Waals surface area contributed by atoms with Crippen LogP contribution in [0.4, 0.5) is 5.69 Å². The van der Waals surface area contributed by atoms with Crippen molar-refractivity contribution in [1.29, 1.82) is 0 Å². The molecular weight excluding hydrogens is 266 g/mol. The molecule has 1 aromatic rings. The standard InChI is InChI=1S/C16H19N3O2/c1-5-21-16(20)14-11(3)15(17-12(14)4)19-18-13-8-6-10(2)7-9-13/h6-9,18H,4-5H2,1-3H3,(H,17,19). The topological polar surface area (TPSA) is 62.7 Å². The fourth-order valence-corrected chi connectivity index (χ4v) is 1.97. The average Bonchev–Trinajstić information content (AvgIpc) is 2.73. The molecule has 0 unspecified atom stereocenters. The molecule has 21 heavy (non-hydrogen) atoms. The van der Waals surface area contributed by atoms with Crippen molar-refractivity contribution in [3.63, 3.8) is 0 Å². The third-order valence-electron chi connectivity index (χ3n) is 3.12. The van der Waals surface area contributed by atoms with Crippen LogP contribution in [-0.4, -0.2) is 18.4 Å². The maximum absolute atomic E-state index is 11.9. The summed E-state index contributed by atoms with van der Waals surface area (Å²) in [4.78, 5) is 16.1. The highest BCUT2D eigenvalue weighted by molar-refractivity contribution is 6.11. The Balaban J connectivity index is 2.07. The van der Waals surface area contributed by atoms with E-state index >= 15 is 0 Å². The minimum atomic E-state index is -0.393. The Kier molecular flexibility index (Phi) is 4.42. The zero-order valence-corrected chi connectivity index (χ0v) is 12.5. The number of rotatable bonds is 4. The quantitative estimate of drug-likeness (QED) is 0.659. The second-order valence-electron chi connectivity index (χ2n) is 4.74. The highest BCUT2D eigenvalue weighted by atomic mass is 16.5. The Morgan fingerprint density at radius 1 is 1.24 bits per heavy atom. The van der Waals surface area contributed by atoms with Crippen molar-refractivity contribution in [1.82, 2.24) is 5.43 Å². The van der Waals surface area contributed by atoms with E-state index in [1.807, 2.05) is 38.1 Å². The number of nitrogens with zero attached hydrogens (tertiary/aromatic N) is 1. The maximum atomic E-state index is 11.9. The van der Waals surface area contributed by atoms with Gasteiger partial charge in [0, 0.05) is 5.57 Å². The van der Waals surface area contributed by atoms with Gasteiger partial charge in [-0.05, 0) is 32.9 Å². The molecule has 2 rings (SSSR count). The van der Waals surface area contributed by atoms with Crippen LogP contribution in [0.5, 0.6) is 0 Å². The lowest BCUT2D eigenvalue weighted by atomic mass is 10.1. The first-order valence-corrected chi connectivity index (χ1v) is 6.78. The van der Waals surface area contributed by atoms with E-state index < -0.39 is 5.97 Å². The number of hydrazine groups is 1. The monoisotopic (exact) mass is 285 g/mol. The van der Waals surface area contributed by atoms with Gasteiger partial charge in [-0.1, -0.05) is 24.3 Å². The van der Waals surface area contributed by atoms with Crippen LogP contribution in [0.15, 0.2) is 52.7 Å². The predicted molar refractivity (Wildman–Crippen MR) is 83.8 cm³/mol. The van der Waals surface area contributed by atoms with Crippen LogP contribution in [0, 0.1) is 6.92 Å². The fourth-order valence-electron chi connectivity index (χ4n) is 1.97. The van der Waals surface area contributed by atoms with Crippen LogP contribution in [0.1, 0.15) is 19.4 Å². The van der Waals surface area contributed by atoms with Crippen LogP contribution in [0.3, 0.4) is 0 Å². The van der Waals surface area contributed by atoms with Crippen molar-refractivity contribution < 1.29 is 9.53 Å². The molecule has 0 spiro atoms. The van der Waals surface area contributed by atoms with Gasteiger partial charge in [0.25, 0.3) is 0 Å². The molecule has 1 aromatic carbocycles. The van der Waals surface area contributed by atoms with Crippen LogP contribution >= 0.6 is 0 Å². The summed E-state index contributed by atoms with van der Waals surface area (Å²) in [6, 6.07) is 7.92. The molecule has 0 radical (unpaired) electrons. The minimum absolute atomic E-state index is 0.327. The summed E-state index contributed by atoms with van der Waals surface area (Å²) in [5.74, 6) is 0.180. The second-order valence-corrected chi connectivity index (χ2v) is 4.74. The minimum Gasteiger partial charge on any atom is -0.462 e. The predicted octanol–water partition coefficient (Wildman–Crippen LogP) is 2.72. The molecule has 1 aliphatic rings. The molecule has 0 fully saturated rings. The van der Waals surface area contributed by atoms with Crippen molar-refractivity contribution in [2.45, 2.75) is 20.8 Å². The van der Waals surface area contributed by atoms with Crippen LogP contribution in [0.2, 0.25) is 0 Å². The van der Waals surface area contributed by atoms with Gasteiger partial charge in [-0.15, -0.1) is 0 Å². The summed E-state index contributed by atoms with van der Waals surface area (Å²) in [6.45, 7) is 9.73. The number of aryl methyl sites for hydroxylation is 1. The van der Waals surface area contributed by atoms with E-state index in [0.717, 1.165) is 11.3 Å². The zero-order chi connectivity index (χ0) is 15.4. The first-order valence-electron chi connectivity index (χ1n) is 6.78. The second kappa shape index (κ2) is 6.26. The molecule has 0 saturated carbocycles. The summed E-state index contributed by atoms with van der Waals surface area (Å²) in [6.07, 6.45) is 0. The van der Waals surface area contributed by atoms with Crippen LogP contribution < -0.4 is 10.9 Å². The number of anilines is 1. The van der Waals surface area contributed by atoms with Crippen molar-refractivity contribution in [3.05, 3.63) is 53.3 Å². The van der Waals surface area contributed by atoms with Gasteiger partial charge in [0.05, 0.1) is 23.6 Å². The van der Waals surface area contributed by atoms with Gasteiger partial charge >= 0.3 is 5.97 Å². The van der Waals surface area contributed by atoms with E-state index in [1.54, 1.807) is 6.92 Å². The molecule has 0 amide bonds. The highest BCUT2D eigenvalue weighted by Gasteiger charge is 2.25. The van der Waals surface area contributed by atoms with Crippen molar-refractivity contribution >= 4 is 17.5 Å². The van der Waals surface area contributed by atoms with Gasteiger partial charge in [0.1, 0.15) is 5.84 Å². The van der Waals surface area contributed by atoms with E-state index in [-0.39, 0.29) is 0 Å². The number of benzene rings is 1. The summed E-state index contributed by atoms with van der Waals surface area (Å²) < 4.78 is 5.01. The molecule has 110 valence electrons. The number of nitrogens with one attached hydrogen (secondary N) is 2. The number of hydrogen-bond acceptors (Lipinski definition) is 5. The number of aliphatic imine (C=N–C) groups is 1. The molecular formula is C16H19N3O2. The molecule has 0 aromatic heterocycles. The Hall–Kier alpha value is -2.56. The normalized spacial score (nSPS) is 14.0. The summed E-state index contributed by atoms with van der Waals surface area (Å²) >= 11 is 0. The highest BCUT2D eigenvalue weighted by Crippen LogP contribution is 2.24. The average molecular weight is 285 g/mol. The Bertz CT molecular complexity index is 627. The number of ether oxygens (including phenoxy) is 1. The Labute approximate surface area is 124 Å². The SMILES string of the molecule is C=C1N=C(NNc2ccc(C)cc2)C(C)=C1C(=O)OCC. The number of carbonyl (C=O) groups is 1. The summed E-state index contributed by atoms with van der Waals surface area (Å²) in [5, 5.41) is 0. The van der Waals surface area contributed by atoms with Gasteiger partial charge in [-0.25, -0.2) is 9.79 Å². The number of esters is 1. The molecule has 0 bridgehead atoms. The largest absolute Gasteiger partial charge is 0.462 e. The number of carbonyl (C=O) groups excluding carboxylic acids is 1. The molecule has 0 aliphatic carbocycles. The van der Waals surface area contributed by atoms with Crippen molar-refractivity contribution in [2.75, 3.05) is 12.0 Å². The van der Waals surface area contributed by atoms with E-state index in [1.165, 1.54) is 5.56 Å². The van der Waals surface area contributed by atoms with Gasteiger partial charge in [-0.3, -0.25) is 10.9 Å². The third kappa shape index (κ3) is 3.31. The fraction of sp³-hybridized carbons (Fsp3) is 0.250. The van der Waals surface area contributed by atoms with E-state index in [0.29, 0.717) is 23.7 Å². The van der Waals surface area contributed by atoms with E-state index in [2.05, 4.69) is 22.4 Å². The molecule has 2 N–H and O–H groups in total. The Morgan fingerprint density at radius 3 is 2.52 bits per heavy atom. The van der Waals surface area contributed by atoms with Crippen LogP contribution in [0.25, 0.3) is 0 Å². The number of hydrogen-bond donors (Lipinski definition) is 2. The first kappa shape index (κ1) is 14.8.